The van der Waals surface area contributed by atoms with E-state index in [1.807, 2.05) is 61.7 Å². The molecule has 2 N–H and O–H groups in total. The van der Waals surface area contributed by atoms with Gasteiger partial charge in [0.1, 0.15) is 11.4 Å². The molecule has 31 heavy (non-hydrogen) atoms. The van der Waals surface area contributed by atoms with E-state index in [2.05, 4.69) is 15.6 Å². The Balaban J connectivity index is 1.47. The molecule has 5 aromatic rings. The van der Waals surface area contributed by atoms with Crippen molar-refractivity contribution in [2.75, 3.05) is 5.32 Å². The second-order valence-electron chi connectivity index (χ2n) is 7.22. The standard InChI is InChI=1S/C24H18ClN5O/c1-15-5-6-16(13-20(15)25)26-21-3-2-4-22-19(21)11-12-23(27-22)24-14-30(29-28-24)17-7-9-18(31)10-8-17/h2-14,26,31H,1H3. The molecule has 5 rings (SSSR count). The second kappa shape index (κ2) is 7.74. The summed E-state index contributed by atoms with van der Waals surface area (Å²) in [4.78, 5) is 4.78. The van der Waals surface area contributed by atoms with Gasteiger partial charge in [0.15, 0.2) is 0 Å². The predicted octanol–water partition coefficient (Wildman–Crippen LogP) is 5.89. The Labute approximate surface area is 183 Å². The smallest absolute Gasteiger partial charge is 0.131 e. The third-order valence-corrected chi connectivity index (χ3v) is 5.46. The van der Waals surface area contributed by atoms with Crippen LogP contribution >= 0.6 is 11.6 Å². The summed E-state index contributed by atoms with van der Waals surface area (Å²) in [5.74, 6) is 0.206. The van der Waals surface area contributed by atoms with E-state index in [1.54, 1.807) is 28.9 Å². The summed E-state index contributed by atoms with van der Waals surface area (Å²) < 4.78 is 1.65. The fraction of sp³-hybridized carbons (Fsp3) is 0.0417. The van der Waals surface area contributed by atoms with Crippen molar-refractivity contribution in [3.8, 4) is 22.8 Å². The molecule has 0 spiro atoms. The maximum absolute atomic E-state index is 9.46. The van der Waals surface area contributed by atoms with Gasteiger partial charge in [0, 0.05) is 21.8 Å². The number of nitrogens with zero attached hydrogens (tertiary/aromatic N) is 4. The van der Waals surface area contributed by atoms with Crippen molar-refractivity contribution < 1.29 is 5.11 Å². The number of nitrogens with one attached hydrogen (secondary N) is 1. The molecule has 0 bridgehead atoms. The van der Waals surface area contributed by atoms with Gasteiger partial charge in [0.25, 0.3) is 0 Å². The van der Waals surface area contributed by atoms with Crippen molar-refractivity contribution >= 4 is 33.9 Å². The van der Waals surface area contributed by atoms with Gasteiger partial charge in [-0.05, 0) is 73.2 Å². The third-order valence-electron chi connectivity index (χ3n) is 5.05. The first-order valence-electron chi connectivity index (χ1n) is 9.72. The normalized spacial score (nSPS) is 11.0. The van der Waals surface area contributed by atoms with E-state index < -0.39 is 0 Å². The predicted molar refractivity (Wildman–Crippen MR) is 123 cm³/mol. The van der Waals surface area contributed by atoms with Gasteiger partial charge < -0.3 is 10.4 Å². The van der Waals surface area contributed by atoms with Crippen LogP contribution in [0.4, 0.5) is 11.4 Å². The molecular formula is C24H18ClN5O. The number of halogens is 1. The minimum atomic E-state index is 0.206. The molecule has 6 nitrogen and oxygen atoms in total. The summed E-state index contributed by atoms with van der Waals surface area (Å²) in [5, 5.41) is 23.0. The van der Waals surface area contributed by atoms with Crippen LogP contribution < -0.4 is 5.32 Å². The van der Waals surface area contributed by atoms with Crippen LogP contribution in [0.5, 0.6) is 5.75 Å². The highest BCUT2D eigenvalue weighted by Crippen LogP contribution is 2.29. The molecule has 0 aliphatic carbocycles. The Morgan fingerprint density at radius 1 is 0.935 bits per heavy atom. The number of aromatic nitrogens is 4. The van der Waals surface area contributed by atoms with Crippen LogP contribution in [0.25, 0.3) is 28.0 Å². The van der Waals surface area contributed by atoms with Crippen molar-refractivity contribution in [3.63, 3.8) is 0 Å². The molecule has 0 aliphatic heterocycles. The van der Waals surface area contributed by atoms with Gasteiger partial charge in [-0.1, -0.05) is 28.9 Å². The zero-order valence-corrected chi connectivity index (χ0v) is 17.4. The van der Waals surface area contributed by atoms with E-state index in [9.17, 15) is 5.11 Å². The highest BCUT2D eigenvalue weighted by Gasteiger charge is 2.10. The van der Waals surface area contributed by atoms with Gasteiger partial charge in [-0.15, -0.1) is 5.10 Å². The minimum absolute atomic E-state index is 0.206. The van der Waals surface area contributed by atoms with Crippen LogP contribution in [0.1, 0.15) is 5.56 Å². The summed E-state index contributed by atoms with van der Waals surface area (Å²) >= 11 is 6.26. The van der Waals surface area contributed by atoms with E-state index in [1.165, 1.54) is 0 Å². The third kappa shape index (κ3) is 3.81. The number of anilines is 2. The molecule has 0 fully saturated rings. The van der Waals surface area contributed by atoms with Crippen LogP contribution in [-0.4, -0.2) is 25.1 Å². The second-order valence-corrected chi connectivity index (χ2v) is 7.63. The zero-order chi connectivity index (χ0) is 21.4. The summed E-state index contributed by atoms with van der Waals surface area (Å²) in [7, 11) is 0. The number of benzene rings is 3. The Hall–Kier alpha value is -3.90. The Morgan fingerprint density at radius 3 is 2.58 bits per heavy atom. The number of aryl methyl sites for hydroxylation is 1. The molecule has 2 heterocycles. The molecule has 3 aromatic carbocycles. The quantitative estimate of drug-likeness (QED) is 0.374. The molecule has 0 saturated carbocycles. The lowest BCUT2D eigenvalue weighted by Gasteiger charge is -2.11. The minimum Gasteiger partial charge on any atom is -0.508 e. The molecule has 0 amide bonds. The molecule has 0 unspecified atom stereocenters. The number of phenols is 1. The number of phenolic OH excluding ortho intramolecular Hbond substituents is 1. The van der Waals surface area contributed by atoms with Crippen molar-refractivity contribution in [2.45, 2.75) is 6.92 Å². The summed E-state index contributed by atoms with van der Waals surface area (Å²) in [6, 6.07) is 22.6. The lowest BCUT2D eigenvalue weighted by atomic mass is 10.1. The van der Waals surface area contributed by atoms with Crippen molar-refractivity contribution in [2.24, 2.45) is 0 Å². The number of pyridine rings is 1. The fourth-order valence-electron chi connectivity index (χ4n) is 3.35. The van der Waals surface area contributed by atoms with Crippen LogP contribution in [0.3, 0.4) is 0 Å². The first-order chi connectivity index (χ1) is 15.1. The fourth-order valence-corrected chi connectivity index (χ4v) is 3.53. The summed E-state index contributed by atoms with van der Waals surface area (Å²) in [5.41, 5.74) is 5.96. The summed E-state index contributed by atoms with van der Waals surface area (Å²) in [6.07, 6.45) is 1.82. The molecule has 152 valence electrons. The van der Waals surface area contributed by atoms with Crippen LogP contribution in [0.15, 0.2) is 79.0 Å². The van der Waals surface area contributed by atoms with Crippen molar-refractivity contribution in [1.82, 2.24) is 20.0 Å². The highest BCUT2D eigenvalue weighted by atomic mass is 35.5. The van der Waals surface area contributed by atoms with E-state index in [4.69, 9.17) is 16.6 Å². The van der Waals surface area contributed by atoms with Gasteiger partial charge in [-0.3, -0.25) is 0 Å². The maximum Gasteiger partial charge on any atom is 0.131 e. The number of aromatic hydroxyl groups is 1. The van der Waals surface area contributed by atoms with Gasteiger partial charge in [-0.25, -0.2) is 9.67 Å². The number of fused-ring (bicyclic) bond motifs is 1. The van der Waals surface area contributed by atoms with Gasteiger partial charge in [-0.2, -0.15) is 0 Å². The molecule has 0 atom stereocenters. The first-order valence-corrected chi connectivity index (χ1v) is 10.1. The molecule has 0 saturated heterocycles. The topological polar surface area (TPSA) is 75.9 Å². The Bertz CT molecular complexity index is 1400. The number of hydrogen-bond acceptors (Lipinski definition) is 5. The highest BCUT2D eigenvalue weighted by molar-refractivity contribution is 6.31. The Morgan fingerprint density at radius 2 is 1.77 bits per heavy atom. The zero-order valence-electron chi connectivity index (χ0n) is 16.6. The largest absolute Gasteiger partial charge is 0.508 e. The van der Waals surface area contributed by atoms with E-state index in [-0.39, 0.29) is 5.75 Å². The van der Waals surface area contributed by atoms with Gasteiger partial charge >= 0.3 is 0 Å². The molecule has 0 radical (unpaired) electrons. The monoisotopic (exact) mass is 427 g/mol. The van der Waals surface area contributed by atoms with Crippen LogP contribution in [0.2, 0.25) is 5.02 Å². The van der Waals surface area contributed by atoms with E-state index in [0.717, 1.165) is 44.2 Å². The van der Waals surface area contributed by atoms with Gasteiger partial charge in [0.05, 0.1) is 23.1 Å². The van der Waals surface area contributed by atoms with Gasteiger partial charge in [0.2, 0.25) is 0 Å². The van der Waals surface area contributed by atoms with Crippen molar-refractivity contribution in [3.05, 3.63) is 89.6 Å². The first kappa shape index (κ1) is 19.1. The van der Waals surface area contributed by atoms with E-state index in [0.29, 0.717) is 5.69 Å². The van der Waals surface area contributed by atoms with Crippen molar-refractivity contribution in [1.29, 1.82) is 0 Å². The van der Waals surface area contributed by atoms with E-state index >= 15 is 0 Å². The number of rotatable bonds is 4. The lowest BCUT2D eigenvalue weighted by Crippen LogP contribution is -1.94. The average molecular weight is 428 g/mol. The van der Waals surface area contributed by atoms with Crippen LogP contribution in [0, 0.1) is 6.92 Å². The number of hydrogen-bond donors (Lipinski definition) is 2. The average Bonchev–Trinajstić information content (AvgIpc) is 3.27. The molecule has 0 aliphatic rings. The Kier molecular flexibility index (Phi) is 4.76. The van der Waals surface area contributed by atoms with Crippen LogP contribution in [-0.2, 0) is 0 Å². The molecule has 2 aromatic heterocycles. The molecule has 7 heteroatoms. The maximum atomic E-state index is 9.46. The SMILES string of the molecule is Cc1ccc(Nc2cccc3nc(-c4cn(-c5ccc(O)cc5)nn4)ccc23)cc1Cl. The summed E-state index contributed by atoms with van der Waals surface area (Å²) in [6.45, 7) is 1.98. The lowest BCUT2D eigenvalue weighted by molar-refractivity contribution is 0.475. The molecular weight excluding hydrogens is 410 g/mol.